The van der Waals surface area contributed by atoms with E-state index in [1.54, 1.807) is 78.9 Å². The first kappa shape index (κ1) is 36.2. The number of thioether (sulfide) groups is 1. The van der Waals surface area contributed by atoms with Crippen LogP contribution in [0.1, 0.15) is 15.9 Å². The number of benzene rings is 4. The van der Waals surface area contributed by atoms with Crippen LogP contribution in [0.4, 0.5) is 29.3 Å². The van der Waals surface area contributed by atoms with Gasteiger partial charge in [0, 0.05) is 33.7 Å². The van der Waals surface area contributed by atoms with Gasteiger partial charge in [-0.3, -0.25) is 14.7 Å². The van der Waals surface area contributed by atoms with Gasteiger partial charge in [-0.25, -0.2) is 9.59 Å². The number of nitrogens with one attached hydrogen (secondary N) is 3. The fourth-order valence-electron chi connectivity index (χ4n) is 4.59. The Morgan fingerprint density at radius 1 is 0.896 bits per heavy atom. The third-order valence-electron chi connectivity index (χ3n) is 6.77. The molecule has 0 bridgehead atoms. The smallest absolute Gasteiger partial charge is 0.446 e. The lowest BCUT2D eigenvalue weighted by molar-refractivity contribution is -0.138. The van der Waals surface area contributed by atoms with Crippen molar-refractivity contribution < 1.29 is 37.4 Å². The van der Waals surface area contributed by atoms with Crippen molar-refractivity contribution in [2.45, 2.75) is 29.6 Å². The zero-order chi connectivity index (χ0) is 33.6. The van der Waals surface area contributed by atoms with E-state index in [0.717, 1.165) is 10.1 Å². The minimum atomic E-state index is -4.36. The Hall–Kier alpha value is -4.69. The van der Waals surface area contributed by atoms with Crippen molar-refractivity contribution in [3.63, 3.8) is 0 Å². The second kappa shape index (κ2) is 15.9. The number of hydrogen-bond acceptors (Lipinski definition) is 6. The molecule has 0 radical (unpaired) electrons. The molecule has 0 aliphatic heterocycles. The summed E-state index contributed by atoms with van der Waals surface area (Å²) in [5, 5.41) is 18.7. The lowest BCUT2D eigenvalue weighted by Crippen LogP contribution is -2.45. The van der Waals surface area contributed by atoms with Crippen LogP contribution in [0, 0.1) is 0 Å². The molecule has 9 nitrogen and oxygen atoms in total. The summed E-state index contributed by atoms with van der Waals surface area (Å²) in [6.07, 6.45) is 1.34. The van der Waals surface area contributed by atoms with Gasteiger partial charge in [0.2, 0.25) is 0 Å². The maximum atomic E-state index is 13.4. The summed E-state index contributed by atoms with van der Waals surface area (Å²) in [4.78, 5) is 38.5. The molecule has 0 saturated heterocycles. The van der Waals surface area contributed by atoms with E-state index in [1.807, 2.05) is 6.07 Å². The van der Waals surface area contributed by atoms with Crippen molar-refractivity contribution in [3.05, 3.63) is 119 Å². The molecule has 0 aliphatic carbocycles. The molecule has 1 aromatic heterocycles. The molecule has 15 heteroatoms. The van der Waals surface area contributed by atoms with E-state index in [-0.39, 0.29) is 47.9 Å². The van der Waals surface area contributed by atoms with Crippen molar-refractivity contribution >= 4 is 76.0 Å². The molecule has 48 heavy (non-hydrogen) atoms. The van der Waals surface area contributed by atoms with Crippen molar-refractivity contribution in [2.24, 2.45) is 0 Å². The molecule has 1 atom stereocenters. The minimum Gasteiger partial charge on any atom is -0.489 e. The van der Waals surface area contributed by atoms with E-state index in [2.05, 4.69) is 16.0 Å². The predicted octanol–water partition coefficient (Wildman–Crippen LogP) is 8.43. The number of anilines is 2. The number of ether oxygens (including phenoxy) is 1. The second-order valence-corrected chi connectivity index (χ2v) is 11.7. The summed E-state index contributed by atoms with van der Waals surface area (Å²) in [6.45, 7) is 0.268. The van der Waals surface area contributed by atoms with Crippen LogP contribution in [0.15, 0.2) is 108 Å². The SMILES string of the molecule is Cl.O=C(Nc1ccc(OCc2ccc(SC(F)(F)F)cc2)cc1)Nc1cn(C(=O)C(NCc2ccccc2)C(=O)O)c2ccc(Cl)cc12. The number of carbonyl (C=O) groups is 3. The summed E-state index contributed by atoms with van der Waals surface area (Å²) < 4.78 is 44.4. The largest absolute Gasteiger partial charge is 0.489 e. The summed E-state index contributed by atoms with van der Waals surface area (Å²) >= 11 is 6.01. The number of hydrogen-bond donors (Lipinski definition) is 4. The molecule has 0 aliphatic rings. The molecule has 4 aromatic carbocycles. The molecule has 0 fully saturated rings. The first-order valence-electron chi connectivity index (χ1n) is 14.0. The number of carboxylic acids is 1. The number of amides is 2. The fraction of sp³-hybridized carbons (Fsp3) is 0.121. The molecule has 1 heterocycles. The number of aliphatic carboxylic acids is 1. The first-order valence-corrected chi connectivity index (χ1v) is 15.1. The van der Waals surface area contributed by atoms with E-state index in [0.29, 0.717) is 32.9 Å². The number of nitrogens with zero attached hydrogens (tertiary/aromatic N) is 1. The highest BCUT2D eigenvalue weighted by molar-refractivity contribution is 8.00. The number of urea groups is 1. The summed E-state index contributed by atoms with van der Waals surface area (Å²) in [5.74, 6) is -1.66. The number of halogens is 5. The summed E-state index contributed by atoms with van der Waals surface area (Å²) in [7, 11) is 0. The lowest BCUT2D eigenvalue weighted by atomic mass is 10.2. The number of alkyl halides is 3. The molecule has 4 N–H and O–H groups in total. The van der Waals surface area contributed by atoms with Gasteiger partial charge in [0.05, 0.1) is 11.2 Å². The first-order chi connectivity index (χ1) is 22.4. The van der Waals surface area contributed by atoms with E-state index in [4.69, 9.17) is 16.3 Å². The third-order valence-corrected chi connectivity index (χ3v) is 7.75. The van der Waals surface area contributed by atoms with E-state index >= 15 is 0 Å². The van der Waals surface area contributed by atoms with Crippen molar-refractivity contribution in [1.82, 2.24) is 9.88 Å². The minimum absolute atomic E-state index is 0. The van der Waals surface area contributed by atoms with Crippen LogP contribution >= 0.6 is 35.8 Å². The number of fused-ring (bicyclic) bond motifs is 1. The molecular weight excluding hydrogens is 692 g/mol. The quantitative estimate of drug-likeness (QED) is 0.0799. The van der Waals surface area contributed by atoms with Crippen LogP contribution in [-0.2, 0) is 17.9 Å². The van der Waals surface area contributed by atoms with Crippen LogP contribution in [0.25, 0.3) is 10.9 Å². The zero-order valence-electron chi connectivity index (χ0n) is 24.7. The van der Waals surface area contributed by atoms with E-state index in [9.17, 15) is 32.7 Å². The Labute approximate surface area is 287 Å². The predicted molar refractivity (Wildman–Crippen MR) is 181 cm³/mol. The van der Waals surface area contributed by atoms with Crippen LogP contribution in [0.2, 0.25) is 5.02 Å². The molecule has 0 spiro atoms. The average molecular weight is 720 g/mol. The number of carboxylic acid groups (broad SMARTS) is 1. The standard InChI is InChI=1S/C33H26ClF3N4O5S.ClH/c34-22-8-15-28-26(16-22)27(18-41(28)30(42)29(31(43)44)38-17-20-4-2-1-3-5-20)40-32(45)39-23-9-11-24(12-10-23)46-19-21-6-13-25(14-7-21)47-33(35,36)37;/h1-16,18,29,38H,17,19H2,(H,43,44)(H2,39,40,45);1H. The molecule has 1 unspecified atom stereocenters. The average Bonchev–Trinajstić information content (AvgIpc) is 3.38. The number of rotatable bonds is 11. The summed E-state index contributed by atoms with van der Waals surface area (Å²) in [6, 6.07) is 23.8. The topological polar surface area (TPSA) is 122 Å². The maximum absolute atomic E-state index is 13.4. The van der Waals surface area contributed by atoms with E-state index in [1.165, 1.54) is 18.3 Å². The highest BCUT2D eigenvalue weighted by Crippen LogP contribution is 2.36. The molecular formula is C33H27Cl2F3N4O5S. The Morgan fingerprint density at radius 3 is 2.23 bits per heavy atom. The maximum Gasteiger partial charge on any atom is 0.446 e. The highest BCUT2D eigenvalue weighted by Gasteiger charge is 2.30. The lowest BCUT2D eigenvalue weighted by Gasteiger charge is -2.14. The number of aromatic nitrogens is 1. The van der Waals surface area contributed by atoms with Crippen LogP contribution < -0.4 is 20.7 Å². The van der Waals surface area contributed by atoms with Crippen LogP contribution in [0.5, 0.6) is 5.75 Å². The van der Waals surface area contributed by atoms with E-state index < -0.39 is 29.5 Å². The van der Waals surface area contributed by atoms with Gasteiger partial charge < -0.3 is 20.5 Å². The van der Waals surface area contributed by atoms with Crippen LogP contribution in [0.3, 0.4) is 0 Å². The molecule has 2 amide bonds. The van der Waals surface area contributed by atoms with Crippen molar-refractivity contribution in [1.29, 1.82) is 0 Å². The Bertz CT molecular complexity index is 1890. The molecule has 0 saturated carbocycles. The normalized spacial score (nSPS) is 11.8. The Morgan fingerprint density at radius 2 is 1.58 bits per heavy atom. The van der Waals surface area contributed by atoms with Gasteiger partial charge in [0.15, 0.2) is 6.04 Å². The van der Waals surface area contributed by atoms with Gasteiger partial charge in [0.25, 0.3) is 5.91 Å². The van der Waals surface area contributed by atoms with Gasteiger partial charge in [-0.05, 0) is 77.5 Å². The van der Waals surface area contributed by atoms with Gasteiger partial charge in [0.1, 0.15) is 12.4 Å². The monoisotopic (exact) mass is 718 g/mol. The van der Waals surface area contributed by atoms with Crippen molar-refractivity contribution in [2.75, 3.05) is 10.6 Å². The molecule has 5 aromatic rings. The van der Waals surface area contributed by atoms with Gasteiger partial charge in [-0.15, -0.1) is 12.4 Å². The van der Waals surface area contributed by atoms with Gasteiger partial charge >= 0.3 is 17.5 Å². The second-order valence-electron chi connectivity index (χ2n) is 10.1. The molecule has 250 valence electrons. The Kier molecular flexibility index (Phi) is 12.0. The van der Waals surface area contributed by atoms with Crippen LogP contribution in [-0.4, -0.2) is 39.1 Å². The third kappa shape index (κ3) is 9.67. The van der Waals surface area contributed by atoms with Gasteiger partial charge in [-0.1, -0.05) is 54.1 Å². The van der Waals surface area contributed by atoms with Crippen molar-refractivity contribution in [3.8, 4) is 5.75 Å². The number of carbonyl (C=O) groups excluding carboxylic acids is 2. The fourth-order valence-corrected chi connectivity index (χ4v) is 5.30. The molecule has 5 rings (SSSR count). The highest BCUT2D eigenvalue weighted by atomic mass is 35.5. The summed E-state index contributed by atoms with van der Waals surface area (Å²) in [5.41, 5.74) is -1.90. The Balaban J connectivity index is 0.00000520. The zero-order valence-corrected chi connectivity index (χ0v) is 27.1. The van der Waals surface area contributed by atoms with Gasteiger partial charge in [-0.2, -0.15) is 13.2 Å².